The van der Waals surface area contributed by atoms with Crippen molar-refractivity contribution in [2.75, 3.05) is 5.32 Å². The highest BCUT2D eigenvalue weighted by atomic mass is 35.5. The zero-order chi connectivity index (χ0) is 16.3. The Morgan fingerprint density at radius 2 is 1.45 bits per heavy atom. The van der Waals surface area contributed by atoms with Crippen molar-refractivity contribution in [3.8, 4) is 0 Å². The molecule has 3 amide bonds. The number of amides is 3. The quantitative estimate of drug-likeness (QED) is 0.798. The molecule has 22 heavy (non-hydrogen) atoms. The van der Waals surface area contributed by atoms with Gasteiger partial charge < -0.3 is 16.8 Å². The Kier molecular flexibility index (Phi) is 4.43. The number of nitrogens with two attached hydrogens (primary N) is 2. The summed E-state index contributed by atoms with van der Waals surface area (Å²) in [4.78, 5) is 34.7. The van der Waals surface area contributed by atoms with Gasteiger partial charge in [-0.1, -0.05) is 23.7 Å². The number of halogens is 1. The second-order valence-corrected chi connectivity index (χ2v) is 4.87. The summed E-state index contributed by atoms with van der Waals surface area (Å²) in [6.45, 7) is 0. The molecule has 112 valence electrons. The maximum absolute atomic E-state index is 12.2. The van der Waals surface area contributed by atoms with Gasteiger partial charge >= 0.3 is 0 Å². The van der Waals surface area contributed by atoms with Crippen LogP contribution in [0.15, 0.2) is 42.5 Å². The van der Waals surface area contributed by atoms with Crippen molar-refractivity contribution in [1.82, 2.24) is 0 Å². The lowest BCUT2D eigenvalue weighted by Gasteiger charge is -2.09. The third-order valence-electron chi connectivity index (χ3n) is 2.88. The van der Waals surface area contributed by atoms with Crippen LogP contribution in [0.2, 0.25) is 5.02 Å². The van der Waals surface area contributed by atoms with Crippen molar-refractivity contribution in [3.05, 3.63) is 64.2 Å². The highest BCUT2D eigenvalue weighted by molar-refractivity contribution is 6.34. The molecular formula is C15H12ClN3O3. The molecule has 0 saturated carbocycles. The van der Waals surface area contributed by atoms with Crippen molar-refractivity contribution in [2.24, 2.45) is 11.5 Å². The van der Waals surface area contributed by atoms with Gasteiger partial charge in [0.25, 0.3) is 5.91 Å². The first kappa shape index (κ1) is 15.5. The molecule has 0 bridgehead atoms. The molecule has 5 N–H and O–H groups in total. The summed E-state index contributed by atoms with van der Waals surface area (Å²) in [6.07, 6.45) is 0. The van der Waals surface area contributed by atoms with Crippen LogP contribution >= 0.6 is 11.6 Å². The number of carbonyl (C=O) groups is 3. The number of primary amides is 2. The first-order valence-corrected chi connectivity index (χ1v) is 6.57. The van der Waals surface area contributed by atoms with Crippen LogP contribution in [0.5, 0.6) is 0 Å². The molecule has 0 spiro atoms. The van der Waals surface area contributed by atoms with E-state index in [2.05, 4.69) is 5.32 Å². The van der Waals surface area contributed by atoms with Crippen LogP contribution < -0.4 is 16.8 Å². The minimum Gasteiger partial charge on any atom is -0.366 e. The van der Waals surface area contributed by atoms with Crippen LogP contribution in [0.4, 0.5) is 5.69 Å². The fourth-order valence-electron chi connectivity index (χ4n) is 1.83. The molecule has 0 aliphatic rings. The largest absolute Gasteiger partial charge is 0.366 e. The first-order chi connectivity index (χ1) is 10.4. The summed E-state index contributed by atoms with van der Waals surface area (Å²) in [5.41, 5.74) is 11.0. The van der Waals surface area contributed by atoms with Gasteiger partial charge in [0, 0.05) is 16.8 Å². The molecule has 0 aliphatic heterocycles. The molecule has 6 nitrogen and oxygen atoms in total. The lowest BCUT2D eigenvalue weighted by atomic mass is 10.1. The van der Waals surface area contributed by atoms with E-state index in [1.54, 1.807) is 24.3 Å². The summed E-state index contributed by atoms with van der Waals surface area (Å²) in [7, 11) is 0. The maximum atomic E-state index is 12.2. The second kappa shape index (κ2) is 6.28. The predicted octanol–water partition coefficient (Wildman–Crippen LogP) is 1.79. The van der Waals surface area contributed by atoms with E-state index in [0.29, 0.717) is 0 Å². The van der Waals surface area contributed by atoms with Crippen LogP contribution in [0, 0.1) is 0 Å². The molecule has 0 unspecified atom stereocenters. The molecule has 0 radical (unpaired) electrons. The van der Waals surface area contributed by atoms with E-state index < -0.39 is 17.7 Å². The predicted molar refractivity (Wildman–Crippen MR) is 82.9 cm³/mol. The number of hydrogen-bond acceptors (Lipinski definition) is 3. The minimum absolute atomic E-state index is 0.0609. The Morgan fingerprint density at radius 3 is 1.95 bits per heavy atom. The Labute approximate surface area is 131 Å². The number of benzene rings is 2. The number of carbonyl (C=O) groups excluding carboxylic acids is 3. The van der Waals surface area contributed by atoms with Crippen LogP contribution in [0.3, 0.4) is 0 Å². The van der Waals surface area contributed by atoms with Gasteiger partial charge in [0.2, 0.25) is 11.8 Å². The Bertz CT molecular complexity index is 742. The zero-order valence-corrected chi connectivity index (χ0v) is 12.1. The lowest BCUT2D eigenvalue weighted by Crippen LogP contribution is -2.18. The second-order valence-electron chi connectivity index (χ2n) is 4.46. The standard InChI is InChI=1S/C15H12ClN3O3/c16-12-4-2-1-3-11(12)15(22)19-10-6-8(13(17)20)5-9(7-10)14(18)21/h1-7H,(H2,17,20)(H2,18,21)(H,19,22). The highest BCUT2D eigenvalue weighted by Crippen LogP contribution is 2.19. The fourth-order valence-corrected chi connectivity index (χ4v) is 2.05. The highest BCUT2D eigenvalue weighted by Gasteiger charge is 2.13. The third-order valence-corrected chi connectivity index (χ3v) is 3.21. The molecule has 0 aliphatic carbocycles. The van der Waals surface area contributed by atoms with Gasteiger partial charge in [0.05, 0.1) is 10.6 Å². The zero-order valence-electron chi connectivity index (χ0n) is 11.3. The van der Waals surface area contributed by atoms with E-state index in [-0.39, 0.29) is 27.4 Å². The molecule has 0 fully saturated rings. The minimum atomic E-state index is -0.739. The van der Waals surface area contributed by atoms with Gasteiger partial charge in [0.15, 0.2) is 0 Å². The summed E-state index contributed by atoms with van der Waals surface area (Å²) < 4.78 is 0. The number of hydrogen-bond donors (Lipinski definition) is 3. The van der Waals surface area contributed by atoms with Gasteiger partial charge in [-0.05, 0) is 30.3 Å². The fraction of sp³-hybridized carbons (Fsp3) is 0. The van der Waals surface area contributed by atoms with Crippen molar-refractivity contribution in [1.29, 1.82) is 0 Å². The van der Waals surface area contributed by atoms with Gasteiger partial charge in [-0.3, -0.25) is 14.4 Å². The molecule has 2 rings (SSSR count). The van der Waals surface area contributed by atoms with Gasteiger partial charge in [-0.15, -0.1) is 0 Å². The Morgan fingerprint density at radius 1 is 0.909 bits per heavy atom. The molecule has 0 aromatic heterocycles. The molecule has 2 aromatic rings. The monoisotopic (exact) mass is 317 g/mol. The molecular weight excluding hydrogens is 306 g/mol. The van der Waals surface area contributed by atoms with Crippen LogP contribution in [0.25, 0.3) is 0 Å². The SMILES string of the molecule is NC(=O)c1cc(NC(=O)c2ccccc2Cl)cc(C(N)=O)c1. The normalized spacial score (nSPS) is 10.0. The van der Waals surface area contributed by atoms with Gasteiger partial charge in [-0.25, -0.2) is 0 Å². The van der Waals surface area contributed by atoms with E-state index in [1.807, 2.05) is 0 Å². The maximum Gasteiger partial charge on any atom is 0.257 e. The Balaban J connectivity index is 2.37. The van der Waals surface area contributed by atoms with Crippen molar-refractivity contribution >= 4 is 35.0 Å². The molecule has 0 heterocycles. The van der Waals surface area contributed by atoms with E-state index >= 15 is 0 Å². The smallest absolute Gasteiger partial charge is 0.257 e. The van der Waals surface area contributed by atoms with E-state index in [9.17, 15) is 14.4 Å². The van der Waals surface area contributed by atoms with E-state index in [0.717, 1.165) is 0 Å². The average Bonchev–Trinajstić information content (AvgIpc) is 2.47. The summed E-state index contributed by atoms with van der Waals surface area (Å²) in [6, 6.07) is 10.4. The molecule has 7 heteroatoms. The summed E-state index contributed by atoms with van der Waals surface area (Å²) >= 11 is 5.94. The number of nitrogens with one attached hydrogen (secondary N) is 1. The molecule has 2 aromatic carbocycles. The number of anilines is 1. The van der Waals surface area contributed by atoms with Crippen molar-refractivity contribution < 1.29 is 14.4 Å². The van der Waals surface area contributed by atoms with Crippen LogP contribution in [0.1, 0.15) is 31.1 Å². The van der Waals surface area contributed by atoms with Crippen molar-refractivity contribution in [2.45, 2.75) is 0 Å². The topological polar surface area (TPSA) is 115 Å². The van der Waals surface area contributed by atoms with Gasteiger partial charge in [-0.2, -0.15) is 0 Å². The lowest BCUT2D eigenvalue weighted by molar-refractivity contribution is 0.0994. The van der Waals surface area contributed by atoms with Crippen LogP contribution in [-0.2, 0) is 0 Å². The van der Waals surface area contributed by atoms with Crippen molar-refractivity contribution in [3.63, 3.8) is 0 Å². The molecule has 0 atom stereocenters. The Hall–Kier alpha value is -2.86. The summed E-state index contributed by atoms with van der Waals surface area (Å²) in [5.74, 6) is -1.96. The van der Waals surface area contributed by atoms with E-state index in [4.69, 9.17) is 23.1 Å². The number of rotatable bonds is 4. The van der Waals surface area contributed by atoms with Crippen LogP contribution in [-0.4, -0.2) is 17.7 Å². The molecule has 0 saturated heterocycles. The van der Waals surface area contributed by atoms with E-state index in [1.165, 1.54) is 18.2 Å². The third kappa shape index (κ3) is 3.42. The average molecular weight is 318 g/mol. The van der Waals surface area contributed by atoms with Gasteiger partial charge in [0.1, 0.15) is 0 Å². The first-order valence-electron chi connectivity index (χ1n) is 6.19. The summed E-state index contributed by atoms with van der Waals surface area (Å²) in [5, 5.41) is 2.83.